The fourth-order valence-corrected chi connectivity index (χ4v) is 6.01. The van der Waals surface area contributed by atoms with Gasteiger partial charge in [-0.15, -0.1) is 0 Å². The highest BCUT2D eigenvalue weighted by atomic mass is 16.6. The molecule has 0 aromatic carbocycles. The maximum atomic E-state index is 13.3. The fourth-order valence-electron chi connectivity index (χ4n) is 6.01. The molecule has 1 saturated heterocycles. The number of hydrogen-bond acceptors (Lipinski definition) is 5. The lowest BCUT2D eigenvalue weighted by atomic mass is 9.79. The summed E-state index contributed by atoms with van der Waals surface area (Å²) in [5, 5.41) is 3.08. The third-order valence-corrected chi connectivity index (χ3v) is 7.51. The number of hydrogen-bond donors (Lipinski definition) is 1. The van der Waals surface area contributed by atoms with Crippen molar-refractivity contribution in [3.8, 4) is 0 Å². The van der Waals surface area contributed by atoms with Gasteiger partial charge in [-0.2, -0.15) is 0 Å². The zero-order valence-corrected chi connectivity index (χ0v) is 20.4. The molecule has 1 heterocycles. The van der Waals surface area contributed by atoms with Crippen molar-refractivity contribution >= 4 is 18.0 Å². The number of likely N-dealkylation sites (tertiary alicyclic amines) is 1. The van der Waals surface area contributed by atoms with Crippen LogP contribution in [-0.2, 0) is 19.1 Å². The number of methoxy groups -OCH3 is 1. The van der Waals surface area contributed by atoms with Crippen molar-refractivity contribution in [2.24, 2.45) is 17.8 Å². The van der Waals surface area contributed by atoms with Crippen LogP contribution in [0.5, 0.6) is 0 Å². The maximum absolute atomic E-state index is 13.3. The molecule has 7 nitrogen and oxygen atoms in total. The van der Waals surface area contributed by atoms with Crippen LogP contribution in [0.25, 0.3) is 0 Å². The van der Waals surface area contributed by atoms with E-state index in [-0.39, 0.29) is 35.8 Å². The molecular weight excluding hydrogens is 408 g/mol. The van der Waals surface area contributed by atoms with Gasteiger partial charge < -0.3 is 19.7 Å². The van der Waals surface area contributed by atoms with Gasteiger partial charge in [-0.25, -0.2) is 4.79 Å². The number of fused-ring (bicyclic) bond motifs is 1. The molecule has 4 atom stereocenters. The summed E-state index contributed by atoms with van der Waals surface area (Å²) in [7, 11) is 1.43. The first kappa shape index (κ1) is 24.8. The summed E-state index contributed by atoms with van der Waals surface area (Å²) in [5.41, 5.74) is -0.550. The Morgan fingerprint density at radius 3 is 2.31 bits per heavy atom. The minimum Gasteiger partial charge on any atom is -0.469 e. The third-order valence-electron chi connectivity index (χ3n) is 7.51. The molecule has 0 radical (unpaired) electrons. The predicted molar refractivity (Wildman–Crippen MR) is 122 cm³/mol. The molecule has 182 valence electrons. The smallest absolute Gasteiger partial charge is 0.407 e. The van der Waals surface area contributed by atoms with Crippen molar-refractivity contribution < 1.29 is 23.9 Å². The van der Waals surface area contributed by atoms with Crippen LogP contribution < -0.4 is 5.32 Å². The molecule has 3 rings (SSSR count). The lowest BCUT2D eigenvalue weighted by molar-refractivity contribution is -0.146. The van der Waals surface area contributed by atoms with Gasteiger partial charge in [0.25, 0.3) is 0 Å². The molecule has 2 aliphatic carbocycles. The zero-order valence-electron chi connectivity index (χ0n) is 20.4. The Morgan fingerprint density at radius 1 is 1.00 bits per heavy atom. The summed E-state index contributed by atoms with van der Waals surface area (Å²) in [6, 6.07) is 0.0857. The number of esters is 1. The highest BCUT2D eigenvalue weighted by molar-refractivity contribution is 5.80. The van der Waals surface area contributed by atoms with Crippen molar-refractivity contribution in [1.29, 1.82) is 0 Å². The molecule has 0 spiro atoms. The molecule has 3 fully saturated rings. The monoisotopic (exact) mass is 450 g/mol. The SMILES string of the molecule is COC(=O)C1CN(C(=O)CCC(NC(=O)OC(C)(C)C)C2CCCCC2)C2CCCCC12. The minimum absolute atomic E-state index is 0.0599. The summed E-state index contributed by atoms with van der Waals surface area (Å²) in [6.45, 7) is 6.04. The average Bonchev–Trinajstić information content (AvgIpc) is 3.15. The molecule has 32 heavy (non-hydrogen) atoms. The van der Waals surface area contributed by atoms with E-state index >= 15 is 0 Å². The normalized spacial score (nSPS) is 27.4. The molecule has 2 amide bonds. The van der Waals surface area contributed by atoms with Crippen LogP contribution in [0, 0.1) is 17.8 Å². The summed E-state index contributed by atoms with van der Waals surface area (Å²) < 4.78 is 10.5. The van der Waals surface area contributed by atoms with Gasteiger partial charge in [0.1, 0.15) is 5.60 Å². The molecule has 0 aromatic rings. The van der Waals surface area contributed by atoms with Gasteiger partial charge in [0, 0.05) is 25.0 Å². The quantitative estimate of drug-likeness (QED) is 0.605. The Hall–Kier alpha value is -1.79. The number of amides is 2. The summed E-state index contributed by atoms with van der Waals surface area (Å²) in [5.74, 6) is 0.300. The number of nitrogens with one attached hydrogen (secondary N) is 1. The standard InChI is InChI=1S/C25H42N2O5/c1-25(2,3)32-24(30)26-20(17-10-6-5-7-11-17)14-15-22(28)27-16-19(23(29)31-4)18-12-8-9-13-21(18)27/h17-21H,5-16H2,1-4H3,(H,26,30). The van der Waals surface area contributed by atoms with Gasteiger partial charge in [-0.1, -0.05) is 32.1 Å². The first-order valence-corrected chi connectivity index (χ1v) is 12.6. The molecule has 4 unspecified atom stereocenters. The molecule has 3 aliphatic rings. The molecule has 1 N–H and O–H groups in total. The number of carbonyl (C=O) groups excluding carboxylic acids is 3. The van der Waals surface area contributed by atoms with E-state index in [2.05, 4.69) is 5.32 Å². The molecule has 2 saturated carbocycles. The Balaban J connectivity index is 1.63. The van der Waals surface area contributed by atoms with Crippen LogP contribution in [0.2, 0.25) is 0 Å². The number of carbonyl (C=O) groups is 3. The van der Waals surface area contributed by atoms with E-state index in [9.17, 15) is 14.4 Å². The summed E-state index contributed by atoms with van der Waals surface area (Å²) in [4.78, 5) is 40.0. The van der Waals surface area contributed by atoms with E-state index in [1.54, 1.807) is 0 Å². The zero-order chi connectivity index (χ0) is 23.3. The lowest BCUT2D eigenvalue weighted by Crippen LogP contribution is -2.45. The van der Waals surface area contributed by atoms with Crippen molar-refractivity contribution in [2.45, 2.75) is 109 Å². The van der Waals surface area contributed by atoms with E-state index in [1.165, 1.54) is 26.4 Å². The average molecular weight is 451 g/mol. The fraction of sp³-hybridized carbons (Fsp3) is 0.880. The Morgan fingerprint density at radius 2 is 1.66 bits per heavy atom. The Bertz CT molecular complexity index is 668. The highest BCUT2D eigenvalue weighted by Gasteiger charge is 2.48. The van der Waals surface area contributed by atoms with Gasteiger partial charge in [0.2, 0.25) is 5.91 Å². The number of nitrogens with zero attached hydrogens (tertiary/aromatic N) is 1. The van der Waals surface area contributed by atoms with Crippen molar-refractivity contribution in [2.75, 3.05) is 13.7 Å². The van der Waals surface area contributed by atoms with E-state index < -0.39 is 11.7 Å². The first-order chi connectivity index (χ1) is 15.2. The van der Waals surface area contributed by atoms with Crippen LogP contribution in [-0.4, -0.2) is 54.2 Å². The van der Waals surface area contributed by atoms with Gasteiger partial charge in [-0.3, -0.25) is 9.59 Å². The molecule has 0 aromatic heterocycles. The molecule has 1 aliphatic heterocycles. The van der Waals surface area contributed by atoms with E-state index in [0.717, 1.165) is 38.5 Å². The minimum atomic E-state index is -0.550. The van der Waals surface area contributed by atoms with E-state index in [0.29, 0.717) is 25.3 Å². The highest BCUT2D eigenvalue weighted by Crippen LogP contribution is 2.41. The van der Waals surface area contributed by atoms with E-state index in [1.807, 2.05) is 25.7 Å². The number of ether oxygens (including phenoxy) is 2. The molecule has 7 heteroatoms. The topological polar surface area (TPSA) is 84.9 Å². The number of rotatable bonds is 6. The van der Waals surface area contributed by atoms with Crippen LogP contribution in [0.15, 0.2) is 0 Å². The van der Waals surface area contributed by atoms with Crippen molar-refractivity contribution in [3.05, 3.63) is 0 Å². The second-order valence-corrected chi connectivity index (χ2v) is 10.9. The van der Waals surface area contributed by atoms with Crippen LogP contribution >= 0.6 is 0 Å². The van der Waals surface area contributed by atoms with Crippen LogP contribution in [0.4, 0.5) is 4.79 Å². The molecular formula is C25H42N2O5. The summed E-state index contributed by atoms with van der Waals surface area (Å²) >= 11 is 0. The van der Waals surface area contributed by atoms with Crippen molar-refractivity contribution in [1.82, 2.24) is 10.2 Å². The summed E-state index contributed by atoms with van der Waals surface area (Å²) in [6.07, 6.45) is 10.5. The van der Waals surface area contributed by atoms with Gasteiger partial charge >= 0.3 is 12.1 Å². The van der Waals surface area contributed by atoms with Gasteiger partial charge in [-0.05, 0) is 64.7 Å². The van der Waals surface area contributed by atoms with Crippen LogP contribution in [0.1, 0.15) is 91.4 Å². The maximum Gasteiger partial charge on any atom is 0.407 e. The third kappa shape index (κ3) is 6.38. The Labute approximate surface area is 193 Å². The number of alkyl carbamates (subject to hydrolysis) is 1. The first-order valence-electron chi connectivity index (χ1n) is 12.6. The van der Waals surface area contributed by atoms with Crippen LogP contribution in [0.3, 0.4) is 0 Å². The largest absolute Gasteiger partial charge is 0.469 e. The van der Waals surface area contributed by atoms with Gasteiger partial charge in [0.05, 0.1) is 13.0 Å². The van der Waals surface area contributed by atoms with Gasteiger partial charge in [0.15, 0.2) is 0 Å². The predicted octanol–water partition coefficient (Wildman–Crippen LogP) is 4.43. The van der Waals surface area contributed by atoms with Crippen molar-refractivity contribution in [3.63, 3.8) is 0 Å². The second kappa shape index (κ2) is 10.9. The lowest BCUT2D eigenvalue weighted by Gasteiger charge is -2.34. The second-order valence-electron chi connectivity index (χ2n) is 10.9. The Kier molecular flexibility index (Phi) is 8.45. The molecule has 0 bridgehead atoms. The van der Waals surface area contributed by atoms with E-state index in [4.69, 9.17) is 9.47 Å².